The van der Waals surface area contributed by atoms with Crippen LogP contribution in [0.5, 0.6) is 0 Å². The Morgan fingerprint density at radius 1 is 0.912 bits per heavy atom. The van der Waals surface area contributed by atoms with Gasteiger partial charge in [-0.1, -0.05) is 60.0 Å². The maximum absolute atomic E-state index is 12.0. The van der Waals surface area contributed by atoms with Gasteiger partial charge in [-0.3, -0.25) is 12.7 Å². The molecule has 0 fully saturated rings. The van der Waals surface area contributed by atoms with Crippen LogP contribution in [0.2, 0.25) is 0 Å². The first-order chi connectivity index (χ1) is 16.2. The maximum atomic E-state index is 12.0. The summed E-state index contributed by atoms with van der Waals surface area (Å²) < 4.78 is 49.9. The Kier molecular flexibility index (Phi) is 12.4. The molecule has 3 unspecified atom stereocenters. The Hall–Kier alpha value is -1.63. The molecular formula is C23H29BrN2O6S2-2. The van der Waals surface area contributed by atoms with Gasteiger partial charge in [-0.05, 0) is 61.1 Å². The minimum atomic E-state index is -2.80. The molecule has 0 spiro atoms. The molecule has 0 aliphatic heterocycles. The number of aliphatic carboxylic acids is 1. The average Bonchev–Trinajstić information content (AvgIpc) is 2.80. The highest BCUT2D eigenvalue weighted by Gasteiger charge is 2.27. The molecule has 2 aromatic carbocycles. The fraction of sp³-hybridized carbons (Fsp3) is 0.435. The molecule has 0 saturated heterocycles. The largest absolute Gasteiger partial charge is 0.760 e. The molecule has 0 radical (unpaired) electrons. The molecule has 11 heteroatoms. The van der Waals surface area contributed by atoms with Crippen molar-refractivity contribution in [3.63, 3.8) is 0 Å². The van der Waals surface area contributed by atoms with Gasteiger partial charge in [0.15, 0.2) is 0 Å². The van der Waals surface area contributed by atoms with E-state index in [0.29, 0.717) is 19.4 Å². The Morgan fingerprint density at radius 3 is 1.91 bits per heavy atom. The predicted molar refractivity (Wildman–Crippen MR) is 136 cm³/mol. The quantitative estimate of drug-likeness (QED) is 0.245. The molecule has 3 atom stereocenters. The van der Waals surface area contributed by atoms with Gasteiger partial charge in [-0.25, -0.2) is 9.10 Å². The lowest BCUT2D eigenvalue weighted by molar-refractivity contribution is -0.138. The number of halogens is 1. The van der Waals surface area contributed by atoms with Gasteiger partial charge in [0.25, 0.3) is 0 Å². The molecule has 2 aromatic rings. The predicted octanol–water partition coefficient (Wildman–Crippen LogP) is 4.63. The monoisotopic (exact) mass is 572 g/mol. The van der Waals surface area contributed by atoms with Crippen molar-refractivity contribution in [2.45, 2.75) is 51.5 Å². The van der Waals surface area contributed by atoms with Gasteiger partial charge in [0.2, 0.25) is 0 Å². The summed E-state index contributed by atoms with van der Waals surface area (Å²) >= 11 is -1.75. The second kappa shape index (κ2) is 14.7. The number of unbranched alkanes of at least 4 members (excludes halogenated alkanes) is 3. The van der Waals surface area contributed by atoms with Gasteiger partial charge in [0, 0.05) is 45.8 Å². The van der Waals surface area contributed by atoms with Crippen LogP contribution in [0.3, 0.4) is 0 Å². The van der Waals surface area contributed by atoms with Crippen molar-refractivity contribution in [2.75, 3.05) is 17.4 Å². The first-order valence-electron chi connectivity index (χ1n) is 11.1. The number of carbonyl (C=O) groups is 1. The van der Waals surface area contributed by atoms with Crippen molar-refractivity contribution < 1.29 is 27.4 Å². The van der Waals surface area contributed by atoms with E-state index in [1.807, 2.05) is 31.2 Å². The normalized spacial score (nSPS) is 14.0. The summed E-state index contributed by atoms with van der Waals surface area (Å²) in [7, 11) is 0. The zero-order chi connectivity index (χ0) is 25.1. The summed E-state index contributed by atoms with van der Waals surface area (Å²) in [6, 6.07) is 13.0. The average molecular weight is 574 g/mol. The second-order valence-corrected chi connectivity index (χ2v) is 10.5. The molecule has 0 aliphatic carbocycles. The lowest BCUT2D eigenvalue weighted by atomic mass is 10.0. The number of hydrogen-bond donors (Lipinski definition) is 1. The highest BCUT2D eigenvalue weighted by Crippen LogP contribution is 2.27. The standard InChI is InChI=1S/C23H31BrN2O6S2/c1-2-3-5-16-25(33(29)30)17-6-4-7-22(23(27)28)26(34(31)32)21-14-10-19(11-15-21)18-8-12-20(24)13-9-18/h8-15,22H,2-7,16-17H2,1H3,(H,27,28)(H,29,30)(H,31,32)/p-2. The fourth-order valence-electron chi connectivity index (χ4n) is 3.58. The van der Waals surface area contributed by atoms with E-state index in [9.17, 15) is 27.4 Å². The molecule has 2 rings (SSSR count). The van der Waals surface area contributed by atoms with Crippen LogP contribution in [0, 0.1) is 0 Å². The minimum absolute atomic E-state index is 0.0616. The lowest BCUT2D eigenvalue weighted by Gasteiger charge is -2.32. The first-order valence-corrected chi connectivity index (χ1v) is 13.9. The van der Waals surface area contributed by atoms with Crippen molar-refractivity contribution in [1.29, 1.82) is 0 Å². The Balaban J connectivity index is 2.06. The molecule has 0 saturated carbocycles. The molecule has 0 amide bonds. The molecular weight excluding hydrogens is 544 g/mol. The van der Waals surface area contributed by atoms with Crippen molar-refractivity contribution in [1.82, 2.24) is 4.31 Å². The number of rotatable bonds is 15. The molecule has 0 aliphatic rings. The second-order valence-electron chi connectivity index (χ2n) is 7.80. The van der Waals surface area contributed by atoms with Gasteiger partial charge in [0.1, 0.15) is 6.04 Å². The van der Waals surface area contributed by atoms with E-state index < -0.39 is 34.5 Å². The first kappa shape index (κ1) is 28.6. The summed E-state index contributed by atoms with van der Waals surface area (Å²) in [6.07, 6.45) is 3.54. The van der Waals surface area contributed by atoms with Crippen LogP contribution in [0.4, 0.5) is 5.69 Å². The molecule has 0 heterocycles. The zero-order valence-electron chi connectivity index (χ0n) is 18.9. The van der Waals surface area contributed by atoms with Gasteiger partial charge in [-0.2, -0.15) is 0 Å². The smallest absolute Gasteiger partial charge is 0.327 e. The topological polar surface area (TPSA) is 124 Å². The van der Waals surface area contributed by atoms with Crippen molar-refractivity contribution in [2.24, 2.45) is 0 Å². The van der Waals surface area contributed by atoms with Crippen LogP contribution in [0.15, 0.2) is 53.0 Å². The molecule has 1 N–H and O–H groups in total. The van der Waals surface area contributed by atoms with Crippen molar-refractivity contribution in [3.05, 3.63) is 53.0 Å². The zero-order valence-corrected chi connectivity index (χ0v) is 22.1. The van der Waals surface area contributed by atoms with Crippen molar-refractivity contribution in [3.8, 4) is 11.1 Å². The summed E-state index contributed by atoms with van der Waals surface area (Å²) in [5, 5.41) is 9.72. The Bertz CT molecular complexity index is 959. The molecule has 188 valence electrons. The summed E-state index contributed by atoms with van der Waals surface area (Å²) in [6.45, 7) is 2.73. The number of hydrogen-bond acceptors (Lipinski definition) is 5. The Labute approximate surface area is 214 Å². The molecule has 8 nitrogen and oxygen atoms in total. The molecule has 34 heavy (non-hydrogen) atoms. The molecule has 0 aromatic heterocycles. The maximum Gasteiger partial charge on any atom is 0.327 e. The van der Waals surface area contributed by atoms with Crippen LogP contribution in [0.1, 0.15) is 45.4 Å². The van der Waals surface area contributed by atoms with Crippen LogP contribution < -0.4 is 4.31 Å². The van der Waals surface area contributed by atoms with E-state index in [-0.39, 0.29) is 18.7 Å². The van der Waals surface area contributed by atoms with Gasteiger partial charge in [-0.15, -0.1) is 0 Å². The van der Waals surface area contributed by atoms with Gasteiger partial charge < -0.3 is 14.2 Å². The van der Waals surface area contributed by atoms with E-state index in [2.05, 4.69) is 15.9 Å². The van der Waals surface area contributed by atoms with Crippen LogP contribution in [-0.2, 0) is 27.3 Å². The Morgan fingerprint density at radius 2 is 1.44 bits per heavy atom. The fourth-order valence-corrected chi connectivity index (χ4v) is 5.10. The van der Waals surface area contributed by atoms with E-state index in [0.717, 1.165) is 39.2 Å². The van der Waals surface area contributed by atoms with E-state index in [4.69, 9.17) is 0 Å². The number of anilines is 1. The minimum Gasteiger partial charge on any atom is -0.760 e. The summed E-state index contributed by atoms with van der Waals surface area (Å²) in [5.74, 6) is -1.26. The highest BCUT2D eigenvalue weighted by atomic mass is 79.9. The van der Waals surface area contributed by atoms with Crippen molar-refractivity contribution >= 4 is 50.1 Å². The van der Waals surface area contributed by atoms with Gasteiger partial charge >= 0.3 is 5.97 Å². The number of carboxylic acid groups (broad SMARTS) is 1. The number of benzene rings is 2. The lowest BCUT2D eigenvalue weighted by Crippen LogP contribution is -2.42. The third-order valence-electron chi connectivity index (χ3n) is 5.39. The summed E-state index contributed by atoms with van der Waals surface area (Å²) in [4.78, 5) is 11.9. The number of nitrogens with zero attached hydrogens (tertiary/aromatic N) is 2. The molecule has 0 bridgehead atoms. The highest BCUT2D eigenvalue weighted by molar-refractivity contribution is 9.10. The van der Waals surface area contributed by atoms with Crippen LogP contribution in [-0.4, -0.2) is 52.0 Å². The summed E-state index contributed by atoms with van der Waals surface area (Å²) in [5.41, 5.74) is 2.07. The van der Waals surface area contributed by atoms with E-state index >= 15 is 0 Å². The van der Waals surface area contributed by atoms with Crippen LogP contribution in [0.25, 0.3) is 11.1 Å². The number of carboxylic acids is 1. The van der Waals surface area contributed by atoms with Crippen LogP contribution >= 0.6 is 15.9 Å². The van der Waals surface area contributed by atoms with E-state index in [1.54, 1.807) is 24.3 Å². The van der Waals surface area contributed by atoms with E-state index in [1.165, 1.54) is 4.31 Å². The third kappa shape index (κ3) is 8.86. The van der Waals surface area contributed by atoms with Gasteiger partial charge in [0.05, 0.1) is 0 Å². The third-order valence-corrected chi connectivity index (χ3v) is 7.49. The SMILES string of the molecule is CCCCCN(CCCCC(C(=O)O)N(c1ccc(-c2ccc(Br)cc2)cc1)S(=O)[O-])S(=O)[O-].